The molecule has 3 heterocycles. The van der Waals surface area contributed by atoms with Gasteiger partial charge in [-0.15, -0.1) is 0 Å². The van der Waals surface area contributed by atoms with E-state index >= 15 is 4.39 Å². The van der Waals surface area contributed by atoms with Crippen molar-refractivity contribution in [3.63, 3.8) is 0 Å². The summed E-state index contributed by atoms with van der Waals surface area (Å²) in [7, 11) is -4.47. The number of nitrogen functional groups attached to an aromatic ring is 1. The minimum Gasteiger partial charge on any atom is -0.480 e. The Morgan fingerprint density at radius 1 is 1.49 bits per heavy atom. The van der Waals surface area contributed by atoms with Gasteiger partial charge >= 0.3 is 13.7 Å². The number of nitrogens with zero attached hydrogens (tertiary/aromatic N) is 3. The number of benzene rings is 1. The number of alkyl halides is 1. The molecule has 1 aliphatic rings. The quantitative estimate of drug-likeness (QED) is 0.237. The number of hydrogen-bond donors (Lipinski definition) is 5. The van der Waals surface area contributed by atoms with Gasteiger partial charge in [-0.05, 0) is 26.0 Å². The van der Waals surface area contributed by atoms with E-state index in [2.05, 4.69) is 20.0 Å². The van der Waals surface area contributed by atoms with Crippen molar-refractivity contribution in [2.24, 2.45) is 0 Å². The van der Waals surface area contributed by atoms with Crippen LogP contribution in [0.4, 0.5) is 10.3 Å². The lowest BCUT2D eigenvalue weighted by atomic mass is 9.98. The number of anilines is 1. The molecule has 37 heavy (non-hydrogen) atoms. The van der Waals surface area contributed by atoms with Gasteiger partial charge in [-0.3, -0.25) is 23.7 Å². The Hall–Kier alpha value is -3.07. The SMILES string of the molecule is CC(NP(=O)(OC[C@H]1O[C@@H](n2cnc3c(=O)[nH]c(N)nc32)[C@](C)(O)[C@@H]1F)Oc1ccccc1Cl)C(=O)O. The summed E-state index contributed by atoms with van der Waals surface area (Å²) in [5.74, 6) is -1.67. The number of aliphatic hydroxyl groups is 1. The molecule has 0 saturated carbocycles. The largest absolute Gasteiger partial charge is 0.480 e. The maximum atomic E-state index is 15.4. The van der Waals surface area contributed by atoms with Gasteiger partial charge in [0.2, 0.25) is 5.95 Å². The number of aromatic nitrogens is 4. The molecule has 6 N–H and O–H groups in total. The second-order valence-electron chi connectivity index (χ2n) is 8.43. The molecule has 4 rings (SSSR count). The number of nitrogens with two attached hydrogens (primary N) is 1. The summed E-state index contributed by atoms with van der Waals surface area (Å²) in [5, 5.41) is 22.5. The first-order valence-corrected chi connectivity index (χ1v) is 12.7. The Balaban J connectivity index is 1.59. The number of aromatic amines is 1. The molecule has 17 heteroatoms. The molecular weight excluding hydrogens is 538 g/mol. The minimum atomic E-state index is -4.47. The van der Waals surface area contributed by atoms with E-state index in [1.54, 1.807) is 6.07 Å². The molecule has 2 aromatic heterocycles. The number of halogens is 2. The predicted molar refractivity (Wildman–Crippen MR) is 128 cm³/mol. The van der Waals surface area contributed by atoms with Gasteiger partial charge in [-0.2, -0.15) is 10.1 Å². The van der Waals surface area contributed by atoms with Gasteiger partial charge in [0.25, 0.3) is 5.56 Å². The third-order valence-corrected chi connectivity index (χ3v) is 7.52. The van der Waals surface area contributed by atoms with Crippen LogP contribution >= 0.6 is 19.3 Å². The van der Waals surface area contributed by atoms with Crippen molar-refractivity contribution in [2.75, 3.05) is 12.3 Å². The van der Waals surface area contributed by atoms with Crippen LogP contribution in [0.2, 0.25) is 5.02 Å². The van der Waals surface area contributed by atoms with Crippen molar-refractivity contribution in [2.45, 2.75) is 44.0 Å². The van der Waals surface area contributed by atoms with E-state index in [1.165, 1.54) is 25.1 Å². The average molecular weight is 561 g/mol. The van der Waals surface area contributed by atoms with Crippen LogP contribution in [0.1, 0.15) is 20.1 Å². The lowest BCUT2D eigenvalue weighted by Gasteiger charge is -2.26. The third-order valence-electron chi connectivity index (χ3n) is 5.58. The monoisotopic (exact) mass is 560 g/mol. The van der Waals surface area contributed by atoms with E-state index < -0.39 is 56.0 Å². The van der Waals surface area contributed by atoms with Crippen molar-refractivity contribution < 1.29 is 37.7 Å². The number of carbonyl (C=O) groups is 1. The number of carboxylic acid groups (broad SMARTS) is 1. The number of rotatable bonds is 9. The first-order chi connectivity index (χ1) is 17.3. The van der Waals surface area contributed by atoms with Gasteiger partial charge in [-0.25, -0.2) is 13.9 Å². The number of para-hydroxylation sites is 1. The molecule has 0 spiro atoms. The fraction of sp³-hybridized carbons (Fsp3) is 0.400. The molecule has 0 aliphatic carbocycles. The third kappa shape index (κ3) is 5.32. The first kappa shape index (κ1) is 27.0. The molecule has 2 unspecified atom stereocenters. The number of H-pyrrole nitrogens is 1. The Labute approximate surface area is 213 Å². The van der Waals surface area contributed by atoms with Crippen LogP contribution in [-0.2, 0) is 18.6 Å². The van der Waals surface area contributed by atoms with Crippen molar-refractivity contribution in [3.05, 3.63) is 46.0 Å². The highest BCUT2D eigenvalue weighted by Gasteiger charge is 2.55. The van der Waals surface area contributed by atoms with Crippen LogP contribution in [0.3, 0.4) is 0 Å². The van der Waals surface area contributed by atoms with Gasteiger partial charge in [0.1, 0.15) is 23.5 Å². The van der Waals surface area contributed by atoms with Crippen LogP contribution in [-0.4, -0.2) is 66.2 Å². The van der Waals surface area contributed by atoms with Crippen LogP contribution in [0, 0.1) is 0 Å². The standard InChI is InChI=1S/C20H23ClFN6O8P/c1-9(17(30)31)27-37(33,36-11-6-4-3-5-10(11)21)34-7-12-14(22)20(2,32)18(35-12)28-8-24-13-15(28)25-19(23)26-16(13)29/h3-6,8-9,12,14,18,32H,7H2,1-2H3,(H,27,33)(H,30,31)(H3,23,25,26,29)/t9?,12-,14-,18-,20-,37?/m1/s1. The minimum absolute atomic E-state index is 0.0633. The van der Waals surface area contributed by atoms with Gasteiger partial charge < -0.3 is 25.2 Å². The van der Waals surface area contributed by atoms with Crippen molar-refractivity contribution in [3.8, 4) is 5.75 Å². The summed E-state index contributed by atoms with van der Waals surface area (Å²) >= 11 is 6.05. The first-order valence-electron chi connectivity index (χ1n) is 10.8. The number of aliphatic carboxylic acids is 1. The summed E-state index contributed by atoms with van der Waals surface area (Å²) in [6.07, 6.45) is -3.92. The van der Waals surface area contributed by atoms with Crippen LogP contribution in [0.15, 0.2) is 35.4 Å². The highest BCUT2D eigenvalue weighted by Crippen LogP contribution is 2.48. The molecule has 1 aliphatic heterocycles. The smallest absolute Gasteiger partial charge is 0.459 e. The maximum Gasteiger partial charge on any atom is 0.459 e. The van der Waals surface area contributed by atoms with E-state index in [9.17, 15) is 24.4 Å². The normalized spacial score (nSPS) is 26.1. The van der Waals surface area contributed by atoms with E-state index in [0.717, 1.165) is 17.8 Å². The van der Waals surface area contributed by atoms with Gasteiger partial charge in [0.05, 0.1) is 18.0 Å². The summed E-state index contributed by atoms with van der Waals surface area (Å²) in [6.45, 7) is 1.61. The second kappa shape index (κ2) is 10.0. The van der Waals surface area contributed by atoms with Gasteiger partial charge in [0, 0.05) is 0 Å². The molecule has 0 bridgehead atoms. The van der Waals surface area contributed by atoms with Gasteiger partial charge in [0.15, 0.2) is 23.6 Å². The number of fused-ring (bicyclic) bond motifs is 1. The van der Waals surface area contributed by atoms with Crippen molar-refractivity contribution in [1.82, 2.24) is 24.6 Å². The topological polar surface area (TPSA) is 204 Å². The number of imidazole rings is 1. The molecule has 1 aromatic carbocycles. The maximum absolute atomic E-state index is 15.4. The molecule has 1 saturated heterocycles. The lowest BCUT2D eigenvalue weighted by Crippen LogP contribution is -2.42. The fourth-order valence-electron chi connectivity index (χ4n) is 3.67. The summed E-state index contributed by atoms with van der Waals surface area (Å²) in [4.78, 5) is 33.6. The molecular formula is C20H23ClFN6O8P. The highest BCUT2D eigenvalue weighted by atomic mass is 35.5. The summed E-state index contributed by atoms with van der Waals surface area (Å²) in [5.41, 5.74) is 2.58. The van der Waals surface area contributed by atoms with Crippen LogP contribution < -0.4 is 20.9 Å². The molecule has 3 aromatic rings. The zero-order valence-electron chi connectivity index (χ0n) is 19.4. The fourth-order valence-corrected chi connectivity index (χ4v) is 5.43. The summed E-state index contributed by atoms with van der Waals surface area (Å²) in [6, 6.07) is 4.56. The van der Waals surface area contributed by atoms with E-state index in [4.69, 9.17) is 31.1 Å². The van der Waals surface area contributed by atoms with Crippen molar-refractivity contribution in [1.29, 1.82) is 0 Å². The zero-order valence-corrected chi connectivity index (χ0v) is 21.0. The molecule has 1 fully saturated rings. The molecule has 200 valence electrons. The van der Waals surface area contributed by atoms with E-state index in [-0.39, 0.29) is 27.9 Å². The Morgan fingerprint density at radius 3 is 2.86 bits per heavy atom. The summed E-state index contributed by atoms with van der Waals surface area (Å²) < 4.78 is 46.4. The highest BCUT2D eigenvalue weighted by molar-refractivity contribution is 7.52. The lowest BCUT2D eigenvalue weighted by molar-refractivity contribution is -0.138. The Kier molecular flexibility index (Phi) is 7.29. The number of hydrogen-bond acceptors (Lipinski definition) is 10. The van der Waals surface area contributed by atoms with Crippen molar-refractivity contribution >= 4 is 42.4 Å². The number of nitrogens with one attached hydrogen (secondary N) is 2. The number of ether oxygens (including phenoxy) is 1. The van der Waals surface area contributed by atoms with E-state index in [1.807, 2.05) is 0 Å². The molecule has 14 nitrogen and oxygen atoms in total. The molecule has 0 radical (unpaired) electrons. The predicted octanol–water partition coefficient (Wildman–Crippen LogP) is 1.61. The Morgan fingerprint density at radius 2 is 2.19 bits per heavy atom. The average Bonchev–Trinajstić information content (AvgIpc) is 3.32. The van der Waals surface area contributed by atoms with Gasteiger partial charge in [-0.1, -0.05) is 23.7 Å². The Bertz CT molecular complexity index is 1430. The molecule has 6 atom stereocenters. The zero-order chi connectivity index (χ0) is 27.1. The van der Waals surface area contributed by atoms with E-state index in [0.29, 0.717) is 0 Å². The van der Waals surface area contributed by atoms with Crippen LogP contribution in [0.5, 0.6) is 5.75 Å². The number of carboxylic acids is 1. The van der Waals surface area contributed by atoms with Crippen LogP contribution in [0.25, 0.3) is 11.2 Å². The molecule has 0 amide bonds. The second-order valence-corrected chi connectivity index (χ2v) is 10.5.